The van der Waals surface area contributed by atoms with Gasteiger partial charge in [-0.15, -0.1) is 0 Å². The summed E-state index contributed by atoms with van der Waals surface area (Å²) in [4.78, 5) is 16.7. The molecule has 2 heteroatoms. The molecule has 0 atom stereocenters. The maximum atomic E-state index is 12.4. The van der Waals surface area contributed by atoms with E-state index in [1.807, 2.05) is 31.3 Å². The Morgan fingerprint density at radius 3 is 2.32 bits per heavy atom. The van der Waals surface area contributed by atoms with E-state index in [2.05, 4.69) is 65.6 Å². The van der Waals surface area contributed by atoms with Crippen LogP contribution >= 0.6 is 0 Å². The molecule has 0 saturated carbocycles. The smallest absolute Gasteiger partial charge is 0.137 e. The minimum absolute atomic E-state index is 0.278. The molecule has 0 fully saturated rings. The van der Waals surface area contributed by atoms with Crippen molar-refractivity contribution < 1.29 is 4.79 Å². The van der Waals surface area contributed by atoms with Gasteiger partial charge in [-0.3, -0.25) is 9.78 Å². The van der Waals surface area contributed by atoms with E-state index in [-0.39, 0.29) is 5.78 Å². The van der Waals surface area contributed by atoms with Crippen molar-refractivity contribution in [2.24, 2.45) is 0 Å². The second kappa shape index (κ2) is 8.18. The minimum Gasteiger partial charge on any atom is -0.299 e. The average molecular weight is 365 g/mol. The van der Waals surface area contributed by atoms with Gasteiger partial charge in [-0.2, -0.15) is 0 Å². The van der Waals surface area contributed by atoms with Gasteiger partial charge < -0.3 is 0 Å². The zero-order chi connectivity index (χ0) is 19.3. The Bertz CT molecular complexity index is 1110. The largest absolute Gasteiger partial charge is 0.299 e. The van der Waals surface area contributed by atoms with Gasteiger partial charge in [-0.1, -0.05) is 66.7 Å². The SMILES string of the molecule is Cc1cc(-c2ccc(CC(=O)CCc3ccc4ccccc4c3)cc2)ccn1. The Balaban J connectivity index is 1.36. The predicted molar refractivity (Wildman–Crippen MR) is 115 cm³/mol. The molecule has 0 N–H and O–H groups in total. The van der Waals surface area contributed by atoms with Crippen LogP contribution < -0.4 is 0 Å². The van der Waals surface area contributed by atoms with Gasteiger partial charge >= 0.3 is 0 Å². The van der Waals surface area contributed by atoms with Crippen LogP contribution in [0.4, 0.5) is 0 Å². The predicted octanol–water partition coefficient (Wildman–Crippen LogP) is 5.95. The van der Waals surface area contributed by atoms with Crippen LogP contribution in [-0.2, 0) is 17.6 Å². The highest BCUT2D eigenvalue weighted by Gasteiger charge is 2.06. The Morgan fingerprint density at radius 2 is 1.54 bits per heavy atom. The van der Waals surface area contributed by atoms with E-state index >= 15 is 0 Å². The molecule has 138 valence electrons. The van der Waals surface area contributed by atoms with E-state index < -0.39 is 0 Å². The molecular formula is C26H23NO. The van der Waals surface area contributed by atoms with Crippen LogP contribution in [0.25, 0.3) is 21.9 Å². The lowest BCUT2D eigenvalue weighted by molar-refractivity contribution is -0.118. The third-order valence-electron chi connectivity index (χ3n) is 5.09. The van der Waals surface area contributed by atoms with Crippen LogP contribution in [0.5, 0.6) is 0 Å². The highest BCUT2D eigenvalue weighted by molar-refractivity contribution is 5.84. The number of carbonyl (C=O) groups excluding carboxylic acids is 1. The van der Waals surface area contributed by atoms with Crippen LogP contribution in [0.15, 0.2) is 85.1 Å². The molecule has 0 aliphatic rings. The van der Waals surface area contributed by atoms with Gasteiger partial charge in [0.1, 0.15) is 5.78 Å². The first-order valence-corrected chi connectivity index (χ1v) is 9.69. The molecule has 4 aromatic rings. The fraction of sp³-hybridized carbons (Fsp3) is 0.154. The van der Waals surface area contributed by atoms with E-state index in [1.54, 1.807) is 0 Å². The second-order valence-corrected chi connectivity index (χ2v) is 7.28. The zero-order valence-electron chi connectivity index (χ0n) is 16.1. The normalized spacial score (nSPS) is 10.9. The first-order valence-electron chi connectivity index (χ1n) is 9.69. The molecular weight excluding hydrogens is 342 g/mol. The fourth-order valence-corrected chi connectivity index (χ4v) is 3.53. The molecule has 1 heterocycles. The molecule has 0 spiro atoms. The van der Waals surface area contributed by atoms with Crippen molar-refractivity contribution in [2.45, 2.75) is 26.2 Å². The molecule has 3 aromatic carbocycles. The Labute approximate surface area is 165 Å². The van der Waals surface area contributed by atoms with Crippen molar-refractivity contribution in [1.82, 2.24) is 4.98 Å². The highest BCUT2D eigenvalue weighted by Crippen LogP contribution is 2.21. The van der Waals surface area contributed by atoms with Crippen LogP contribution in [-0.4, -0.2) is 10.8 Å². The van der Waals surface area contributed by atoms with Gasteiger partial charge in [0.25, 0.3) is 0 Å². The summed E-state index contributed by atoms with van der Waals surface area (Å²) >= 11 is 0. The summed E-state index contributed by atoms with van der Waals surface area (Å²) in [7, 11) is 0. The molecule has 0 aliphatic carbocycles. The standard InChI is InChI=1S/C26H23NO/c1-19-16-25(14-15-27-19)23-11-7-21(8-12-23)18-26(28)13-9-20-6-10-22-4-2-3-5-24(22)17-20/h2-8,10-12,14-17H,9,13,18H2,1H3. The molecule has 0 amide bonds. The van der Waals surface area contributed by atoms with Crippen LogP contribution in [0, 0.1) is 6.92 Å². The summed E-state index contributed by atoms with van der Waals surface area (Å²) in [5.74, 6) is 0.278. The number of benzene rings is 3. The average Bonchev–Trinajstić information content (AvgIpc) is 2.73. The lowest BCUT2D eigenvalue weighted by atomic mass is 9.99. The lowest BCUT2D eigenvalue weighted by Gasteiger charge is -2.06. The third kappa shape index (κ3) is 4.34. The second-order valence-electron chi connectivity index (χ2n) is 7.28. The maximum Gasteiger partial charge on any atom is 0.137 e. The topological polar surface area (TPSA) is 30.0 Å². The van der Waals surface area contributed by atoms with Gasteiger partial charge in [0.2, 0.25) is 0 Å². The number of fused-ring (bicyclic) bond motifs is 1. The quantitative estimate of drug-likeness (QED) is 0.422. The number of carbonyl (C=O) groups is 1. The summed E-state index contributed by atoms with van der Waals surface area (Å²) in [5, 5.41) is 2.47. The van der Waals surface area contributed by atoms with Crippen molar-refractivity contribution >= 4 is 16.6 Å². The molecule has 0 saturated heterocycles. The molecule has 2 nitrogen and oxygen atoms in total. The number of ketones is 1. The molecule has 1 aromatic heterocycles. The van der Waals surface area contributed by atoms with Crippen LogP contribution in [0.1, 0.15) is 23.2 Å². The van der Waals surface area contributed by atoms with E-state index in [0.29, 0.717) is 12.8 Å². The number of hydrogen-bond donors (Lipinski definition) is 0. The number of aryl methyl sites for hydroxylation is 2. The molecule has 0 bridgehead atoms. The van der Waals surface area contributed by atoms with E-state index in [1.165, 1.54) is 16.3 Å². The summed E-state index contributed by atoms with van der Waals surface area (Å²) in [6.45, 7) is 1.99. The zero-order valence-corrected chi connectivity index (χ0v) is 16.1. The van der Waals surface area contributed by atoms with Gasteiger partial charge in [0.05, 0.1) is 0 Å². The van der Waals surface area contributed by atoms with Gasteiger partial charge in [-0.05, 0) is 58.5 Å². The van der Waals surface area contributed by atoms with Gasteiger partial charge in [0.15, 0.2) is 0 Å². The molecule has 0 unspecified atom stereocenters. The Kier molecular flexibility index (Phi) is 5.29. The fourth-order valence-electron chi connectivity index (χ4n) is 3.53. The Morgan fingerprint density at radius 1 is 0.786 bits per heavy atom. The van der Waals surface area contributed by atoms with Crippen LogP contribution in [0.2, 0.25) is 0 Å². The third-order valence-corrected chi connectivity index (χ3v) is 5.09. The number of Topliss-reactive ketones (excluding diaryl/α,β-unsaturated/α-hetero) is 1. The summed E-state index contributed by atoms with van der Waals surface area (Å²) in [6, 6.07) is 27.1. The minimum atomic E-state index is 0.278. The van der Waals surface area contributed by atoms with Gasteiger partial charge in [0, 0.05) is 24.7 Å². The first kappa shape index (κ1) is 18.1. The molecule has 28 heavy (non-hydrogen) atoms. The van der Waals surface area contributed by atoms with Crippen LogP contribution in [0.3, 0.4) is 0 Å². The molecule has 0 aliphatic heterocycles. The maximum absolute atomic E-state index is 12.4. The van der Waals surface area contributed by atoms with Gasteiger partial charge in [-0.25, -0.2) is 0 Å². The number of rotatable bonds is 6. The van der Waals surface area contributed by atoms with Crippen molar-refractivity contribution in [3.8, 4) is 11.1 Å². The lowest BCUT2D eigenvalue weighted by Crippen LogP contribution is -2.04. The summed E-state index contributed by atoms with van der Waals surface area (Å²) in [5.41, 5.74) is 5.60. The van der Waals surface area contributed by atoms with Crippen molar-refractivity contribution in [3.05, 3.63) is 102 Å². The van der Waals surface area contributed by atoms with Crippen molar-refractivity contribution in [2.75, 3.05) is 0 Å². The monoisotopic (exact) mass is 365 g/mol. The molecule has 4 rings (SSSR count). The van der Waals surface area contributed by atoms with E-state index in [0.717, 1.165) is 28.8 Å². The summed E-state index contributed by atoms with van der Waals surface area (Å²) in [6.07, 6.45) is 3.68. The number of hydrogen-bond acceptors (Lipinski definition) is 2. The number of nitrogens with zero attached hydrogens (tertiary/aromatic N) is 1. The highest BCUT2D eigenvalue weighted by atomic mass is 16.1. The van der Waals surface area contributed by atoms with E-state index in [9.17, 15) is 4.79 Å². The Hall–Kier alpha value is -3.26. The number of aromatic nitrogens is 1. The van der Waals surface area contributed by atoms with Crippen molar-refractivity contribution in [1.29, 1.82) is 0 Å². The number of pyridine rings is 1. The summed E-state index contributed by atoms with van der Waals surface area (Å²) < 4.78 is 0. The molecule has 0 radical (unpaired) electrons. The first-order chi connectivity index (χ1) is 13.7. The van der Waals surface area contributed by atoms with Crippen molar-refractivity contribution in [3.63, 3.8) is 0 Å². The van der Waals surface area contributed by atoms with E-state index in [4.69, 9.17) is 0 Å².